The molecule has 0 aliphatic carbocycles. The van der Waals surface area contributed by atoms with Crippen LogP contribution >= 0.6 is 23.8 Å². The molecule has 4 heteroatoms. The van der Waals surface area contributed by atoms with Crippen molar-refractivity contribution in [3.8, 4) is 0 Å². The second-order valence-electron chi connectivity index (χ2n) is 5.79. The summed E-state index contributed by atoms with van der Waals surface area (Å²) >= 11 is 11.7. The van der Waals surface area contributed by atoms with Crippen molar-refractivity contribution >= 4 is 34.6 Å². The normalized spacial score (nSPS) is 11.8. The van der Waals surface area contributed by atoms with Crippen LogP contribution < -0.4 is 10.6 Å². The van der Waals surface area contributed by atoms with E-state index in [9.17, 15) is 0 Å². The summed E-state index contributed by atoms with van der Waals surface area (Å²) in [5.74, 6) is 0.436. The van der Waals surface area contributed by atoms with Gasteiger partial charge in [-0.2, -0.15) is 0 Å². The Balaban J connectivity index is 1.98. The average molecular weight is 347 g/mol. The first-order valence-corrected chi connectivity index (χ1v) is 8.66. The molecule has 0 saturated heterocycles. The fourth-order valence-electron chi connectivity index (χ4n) is 2.67. The average Bonchev–Trinajstić information content (AvgIpc) is 2.52. The number of hydrogen-bond acceptors (Lipinski definition) is 1. The highest BCUT2D eigenvalue weighted by molar-refractivity contribution is 7.80. The second kappa shape index (κ2) is 8.32. The van der Waals surface area contributed by atoms with E-state index in [1.807, 2.05) is 26.0 Å². The molecule has 122 valence electrons. The molecule has 0 radical (unpaired) electrons. The van der Waals surface area contributed by atoms with Gasteiger partial charge in [-0.3, -0.25) is 0 Å². The Hall–Kier alpha value is -1.58. The Kier molecular flexibility index (Phi) is 6.43. The van der Waals surface area contributed by atoms with Gasteiger partial charge in [0.15, 0.2) is 5.11 Å². The predicted molar refractivity (Wildman–Crippen MR) is 105 cm³/mol. The molecular formula is C19H23ClN2S. The summed E-state index contributed by atoms with van der Waals surface area (Å²) in [6.45, 7) is 7.05. The van der Waals surface area contributed by atoms with E-state index < -0.39 is 0 Å². The number of thiocarbonyl (C=S) groups is 1. The number of benzene rings is 2. The molecule has 23 heavy (non-hydrogen) atoms. The summed E-state index contributed by atoms with van der Waals surface area (Å²) in [5.41, 5.74) is 4.44. The van der Waals surface area contributed by atoms with Gasteiger partial charge in [-0.05, 0) is 55.2 Å². The van der Waals surface area contributed by atoms with Gasteiger partial charge in [-0.15, -0.1) is 0 Å². The van der Waals surface area contributed by atoms with Crippen LogP contribution in [0.25, 0.3) is 0 Å². The summed E-state index contributed by atoms with van der Waals surface area (Å²) in [5, 5.41) is 7.84. The van der Waals surface area contributed by atoms with Crippen molar-refractivity contribution in [3.63, 3.8) is 0 Å². The zero-order chi connectivity index (χ0) is 16.8. The molecule has 0 aromatic heterocycles. The first kappa shape index (κ1) is 17.8. The van der Waals surface area contributed by atoms with Crippen molar-refractivity contribution in [2.75, 3.05) is 11.9 Å². The molecule has 0 saturated carbocycles. The minimum Gasteiger partial charge on any atom is -0.362 e. The molecule has 0 unspecified atom stereocenters. The molecule has 0 bridgehead atoms. The monoisotopic (exact) mass is 346 g/mol. The second-order valence-corrected chi connectivity index (χ2v) is 6.60. The molecule has 0 amide bonds. The number of hydrogen-bond donors (Lipinski definition) is 2. The molecule has 0 spiro atoms. The van der Waals surface area contributed by atoms with Crippen molar-refractivity contribution in [2.45, 2.75) is 33.1 Å². The summed E-state index contributed by atoms with van der Waals surface area (Å²) in [6, 6.07) is 14.5. The Morgan fingerprint density at radius 2 is 1.87 bits per heavy atom. The first-order chi connectivity index (χ1) is 11.0. The van der Waals surface area contributed by atoms with Crippen molar-refractivity contribution in [1.29, 1.82) is 0 Å². The molecule has 2 N–H and O–H groups in total. The Labute approximate surface area is 149 Å². The van der Waals surface area contributed by atoms with E-state index in [0.29, 0.717) is 16.1 Å². The van der Waals surface area contributed by atoms with Gasteiger partial charge in [0.1, 0.15) is 0 Å². The predicted octanol–water partition coefficient (Wildman–Crippen LogP) is 5.44. The standard InChI is InChI=1S/C19H23ClN2S/c1-4-15(16-8-6-5-7-9-16)12-21-19(23)22-18-14(3)10-13(2)11-17(18)20/h5-11,15H,4,12H2,1-3H3,(H2,21,22,23)/t15-/m1/s1. The molecule has 0 heterocycles. The van der Waals surface area contributed by atoms with E-state index in [1.54, 1.807) is 0 Å². The zero-order valence-electron chi connectivity index (χ0n) is 13.8. The highest BCUT2D eigenvalue weighted by Gasteiger charge is 2.11. The summed E-state index contributed by atoms with van der Waals surface area (Å²) in [4.78, 5) is 0. The third kappa shape index (κ3) is 4.95. The van der Waals surface area contributed by atoms with E-state index in [-0.39, 0.29) is 0 Å². The minimum absolute atomic E-state index is 0.436. The lowest BCUT2D eigenvalue weighted by Crippen LogP contribution is -2.32. The molecule has 0 aliphatic heterocycles. The Bertz CT molecular complexity index is 647. The van der Waals surface area contributed by atoms with Gasteiger partial charge in [-0.1, -0.05) is 54.9 Å². The van der Waals surface area contributed by atoms with E-state index in [1.165, 1.54) is 5.56 Å². The number of nitrogens with one attached hydrogen (secondary N) is 2. The van der Waals surface area contributed by atoms with Gasteiger partial charge in [0, 0.05) is 12.5 Å². The fourth-order valence-corrected chi connectivity index (χ4v) is 3.22. The number of anilines is 1. The molecule has 2 rings (SSSR count). The van der Waals surface area contributed by atoms with Crippen LogP contribution in [0.15, 0.2) is 42.5 Å². The lowest BCUT2D eigenvalue weighted by molar-refractivity contribution is 0.642. The van der Waals surface area contributed by atoms with Crippen molar-refractivity contribution in [1.82, 2.24) is 5.32 Å². The van der Waals surface area contributed by atoms with Crippen molar-refractivity contribution in [2.24, 2.45) is 0 Å². The van der Waals surface area contributed by atoms with E-state index in [2.05, 4.69) is 47.9 Å². The Morgan fingerprint density at radius 3 is 2.48 bits per heavy atom. The van der Waals surface area contributed by atoms with Gasteiger partial charge in [0.05, 0.1) is 10.7 Å². The highest BCUT2D eigenvalue weighted by atomic mass is 35.5. The fraction of sp³-hybridized carbons (Fsp3) is 0.316. The van der Waals surface area contributed by atoms with Crippen LogP contribution in [0.2, 0.25) is 5.02 Å². The molecule has 2 aromatic carbocycles. The van der Waals surface area contributed by atoms with E-state index >= 15 is 0 Å². The van der Waals surface area contributed by atoms with Gasteiger partial charge >= 0.3 is 0 Å². The Morgan fingerprint density at radius 1 is 1.17 bits per heavy atom. The smallest absolute Gasteiger partial charge is 0.170 e. The topological polar surface area (TPSA) is 24.1 Å². The van der Waals surface area contributed by atoms with Crippen LogP contribution in [0.4, 0.5) is 5.69 Å². The maximum absolute atomic E-state index is 6.31. The summed E-state index contributed by atoms with van der Waals surface area (Å²) in [6.07, 6.45) is 1.06. The number of halogens is 1. The van der Waals surface area contributed by atoms with Gasteiger partial charge in [0.25, 0.3) is 0 Å². The maximum Gasteiger partial charge on any atom is 0.170 e. The van der Waals surface area contributed by atoms with E-state index in [4.69, 9.17) is 23.8 Å². The quantitative estimate of drug-likeness (QED) is 0.705. The zero-order valence-corrected chi connectivity index (χ0v) is 15.4. The molecule has 0 fully saturated rings. The highest BCUT2D eigenvalue weighted by Crippen LogP contribution is 2.27. The van der Waals surface area contributed by atoms with Crippen LogP contribution in [0.1, 0.15) is 36.0 Å². The van der Waals surface area contributed by atoms with Crippen molar-refractivity contribution < 1.29 is 0 Å². The van der Waals surface area contributed by atoms with Crippen LogP contribution in [-0.4, -0.2) is 11.7 Å². The van der Waals surface area contributed by atoms with Gasteiger partial charge in [0.2, 0.25) is 0 Å². The maximum atomic E-state index is 6.31. The summed E-state index contributed by atoms with van der Waals surface area (Å²) < 4.78 is 0. The number of aryl methyl sites for hydroxylation is 2. The molecular weight excluding hydrogens is 324 g/mol. The number of rotatable bonds is 5. The van der Waals surface area contributed by atoms with Crippen LogP contribution in [0.3, 0.4) is 0 Å². The lowest BCUT2D eigenvalue weighted by atomic mass is 9.97. The summed E-state index contributed by atoms with van der Waals surface area (Å²) in [7, 11) is 0. The first-order valence-electron chi connectivity index (χ1n) is 7.87. The molecule has 2 nitrogen and oxygen atoms in total. The van der Waals surface area contributed by atoms with Gasteiger partial charge in [-0.25, -0.2) is 0 Å². The largest absolute Gasteiger partial charge is 0.362 e. The SMILES string of the molecule is CC[C@H](CNC(=S)Nc1c(C)cc(C)cc1Cl)c1ccccc1. The third-order valence-corrected chi connectivity index (χ3v) is 4.49. The van der Waals surface area contributed by atoms with Gasteiger partial charge < -0.3 is 10.6 Å². The van der Waals surface area contributed by atoms with Crippen LogP contribution in [-0.2, 0) is 0 Å². The molecule has 1 atom stereocenters. The molecule has 0 aliphatic rings. The lowest BCUT2D eigenvalue weighted by Gasteiger charge is -2.19. The minimum atomic E-state index is 0.436. The van der Waals surface area contributed by atoms with Crippen LogP contribution in [0.5, 0.6) is 0 Å². The van der Waals surface area contributed by atoms with E-state index in [0.717, 1.165) is 29.8 Å². The molecule has 2 aromatic rings. The van der Waals surface area contributed by atoms with Crippen molar-refractivity contribution in [3.05, 3.63) is 64.2 Å². The van der Waals surface area contributed by atoms with Crippen LogP contribution in [0, 0.1) is 13.8 Å². The third-order valence-electron chi connectivity index (χ3n) is 3.94.